The molecule has 0 saturated carbocycles. The van der Waals surface area contributed by atoms with E-state index >= 15 is 0 Å². The summed E-state index contributed by atoms with van der Waals surface area (Å²) in [5.41, 5.74) is 5.72. The summed E-state index contributed by atoms with van der Waals surface area (Å²) in [5.74, 6) is 0.730. The number of rotatable bonds is 10. The number of unbranched alkanes of at least 4 members (excludes halogenated alkanes) is 1. The van der Waals surface area contributed by atoms with E-state index in [1.165, 1.54) is 36.9 Å². The summed E-state index contributed by atoms with van der Waals surface area (Å²) in [6.07, 6.45) is 1.49. The third-order valence-corrected chi connectivity index (χ3v) is 5.62. The first-order valence-electron chi connectivity index (χ1n) is 11.1. The van der Waals surface area contributed by atoms with Crippen LogP contribution in [0.25, 0.3) is 0 Å². The summed E-state index contributed by atoms with van der Waals surface area (Å²) in [6.45, 7) is 2.25. The van der Waals surface area contributed by atoms with Crippen LogP contribution in [0.5, 0.6) is 17.2 Å². The number of hydrogen-bond donors (Lipinski definition) is 2. The number of aromatic amines is 1. The molecule has 3 aromatic rings. The largest absolute Gasteiger partial charge is 0.496 e. The minimum Gasteiger partial charge on any atom is -0.496 e. The average molecular weight is 483 g/mol. The molecule has 0 spiro atoms. The number of para-hydroxylation sites is 1. The third kappa shape index (κ3) is 5.32. The molecule has 10 heteroatoms. The van der Waals surface area contributed by atoms with Crippen LogP contribution >= 0.6 is 0 Å². The number of methoxy groups -OCH3 is 3. The highest BCUT2D eigenvalue weighted by Crippen LogP contribution is 2.30. The highest BCUT2D eigenvalue weighted by Gasteiger charge is 2.27. The maximum absolute atomic E-state index is 13.8. The summed E-state index contributed by atoms with van der Waals surface area (Å²) < 4.78 is 17.3. The molecule has 3 N–H and O–H groups in total. The van der Waals surface area contributed by atoms with E-state index in [9.17, 15) is 14.4 Å². The Balaban J connectivity index is 2.21. The van der Waals surface area contributed by atoms with Gasteiger partial charge in [0.25, 0.3) is 11.5 Å². The van der Waals surface area contributed by atoms with Crippen LogP contribution < -0.4 is 36.1 Å². The van der Waals surface area contributed by atoms with Crippen LogP contribution in [-0.4, -0.2) is 36.8 Å². The van der Waals surface area contributed by atoms with E-state index in [1.807, 2.05) is 6.92 Å². The number of anilines is 2. The van der Waals surface area contributed by atoms with Crippen molar-refractivity contribution in [1.29, 1.82) is 0 Å². The predicted molar refractivity (Wildman–Crippen MR) is 134 cm³/mol. The van der Waals surface area contributed by atoms with Crippen molar-refractivity contribution in [3.8, 4) is 17.2 Å². The van der Waals surface area contributed by atoms with E-state index in [2.05, 4.69) is 4.98 Å². The first-order valence-corrected chi connectivity index (χ1v) is 11.1. The third-order valence-electron chi connectivity index (χ3n) is 5.62. The molecule has 1 amide bonds. The Morgan fingerprint density at radius 3 is 2.34 bits per heavy atom. The molecule has 0 saturated heterocycles. The van der Waals surface area contributed by atoms with Crippen molar-refractivity contribution in [2.45, 2.75) is 32.9 Å². The average Bonchev–Trinajstić information content (AvgIpc) is 2.87. The summed E-state index contributed by atoms with van der Waals surface area (Å²) in [5, 5.41) is 0. The van der Waals surface area contributed by atoms with Gasteiger partial charge in [0, 0.05) is 17.7 Å². The Bertz CT molecular complexity index is 1310. The number of amides is 1. The van der Waals surface area contributed by atoms with E-state index in [0.29, 0.717) is 35.8 Å². The smallest absolute Gasteiger partial charge is 0.330 e. The zero-order chi connectivity index (χ0) is 25.5. The number of ether oxygens (including phenoxy) is 3. The van der Waals surface area contributed by atoms with Gasteiger partial charge in [0.1, 0.15) is 11.6 Å². The van der Waals surface area contributed by atoms with Crippen LogP contribution in [0.3, 0.4) is 0 Å². The van der Waals surface area contributed by atoms with Gasteiger partial charge < -0.3 is 19.9 Å². The Kier molecular flexibility index (Phi) is 8.19. The van der Waals surface area contributed by atoms with Crippen LogP contribution in [0.1, 0.15) is 35.7 Å². The molecule has 0 unspecified atom stereocenters. The van der Waals surface area contributed by atoms with Crippen LogP contribution in [0.4, 0.5) is 11.5 Å². The van der Waals surface area contributed by atoms with Crippen molar-refractivity contribution in [3.05, 3.63) is 74.4 Å². The van der Waals surface area contributed by atoms with Gasteiger partial charge in [0.15, 0.2) is 17.2 Å². The van der Waals surface area contributed by atoms with E-state index in [4.69, 9.17) is 19.9 Å². The summed E-state index contributed by atoms with van der Waals surface area (Å²) in [4.78, 5) is 42.9. The quantitative estimate of drug-likeness (QED) is 0.455. The second-order valence-corrected chi connectivity index (χ2v) is 7.77. The van der Waals surface area contributed by atoms with Gasteiger partial charge in [0.05, 0.1) is 27.9 Å². The number of benzene rings is 2. The zero-order valence-corrected chi connectivity index (χ0v) is 20.3. The number of aromatic nitrogens is 2. The fourth-order valence-electron chi connectivity index (χ4n) is 3.76. The second-order valence-electron chi connectivity index (χ2n) is 7.77. The van der Waals surface area contributed by atoms with Crippen LogP contribution in [0.2, 0.25) is 0 Å². The molecule has 1 heterocycles. The number of hydrogen-bond acceptors (Lipinski definition) is 7. The lowest BCUT2D eigenvalue weighted by molar-refractivity contribution is 0.0984. The molecule has 3 rings (SSSR count). The molecular formula is C25H30N4O6. The molecule has 0 radical (unpaired) electrons. The fourth-order valence-corrected chi connectivity index (χ4v) is 3.76. The molecule has 0 aliphatic heterocycles. The lowest BCUT2D eigenvalue weighted by Crippen LogP contribution is -2.41. The Hall–Kier alpha value is -4.21. The monoisotopic (exact) mass is 482 g/mol. The molecule has 35 heavy (non-hydrogen) atoms. The highest BCUT2D eigenvalue weighted by atomic mass is 16.5. The second kappa shape index (κ2) is 11.3. The molecule has 2 aromatic carbocycles. The van der Waals surface area contributed by atoms with Gasteiger partial charge in [-0.25, -0.2) is 4.79 Å². The predicted octanol–water partition coefficient (Wildman–Crippen LogP) is 2.79. The number of nitrogens with two attached hydrogens (primary N) is 1. The summed E-state index contributed by atoms with van der Waals surface area (Å²) in [7, 11) is 4.48. The van der Waals surface area contributed by atoms with Crippen LogP contribution in [0, 0.1) is 0 Å². The Morgan fingerprint density at radius 2 is 1.69 bits per heavy atom. The fraction of sp³-hybridized carbons (Fsp3) is 0.320. The van der Waals surface area contributed by atoms with Gasteiger partial charge in [-0.15, -0.1) is 0 Å². The number of nitrogen functional groups attached to an aromatic ring is 1. The minimum absolute atomic E-state index is 0.0313. The van der Waals surface area contributed by atoms with Crippen molar-refractivity contribution < 1.29 is 19.0 Å². The Labute approximate surface area is 202 Å². The summed E-state index contributed by atoms with van der Waals surface area (Å²) >= 11 is 0. The first kappa shape index (κ1) is 25.4. The highest BCUT2D eigenvalue weighted by molar-refractivity contribution is 6.07. The van der Waals surface area contributed by atoms with Crippen molar-refractivity contribution in [3.63, 3.8) is 0 Å². The molecule has 0 atom stereocenters. The molecule has 0 bridgehead atoms. The normalized spacial score (nSPS) is 10.6. The molecule has 1 aromatic heterocycles. The van der Waals surface area contributed by atoms with E-state index in [-0.39, 0.29) is 23.6 Å². The SMILES string of the molecule is CCCCn1c(N)c(N(Cc2ccccc2OC)C(=O)c2ccc(OC)c(OC)c2)c(=O)[nH]c1=O. The van der Waals surface area contributed by atoms with Gasteiger partial charge in [0.2, 0.25) is 0 Å². The van der Waals surface area contributed by atoms with Crippen molar-refractivity contribution in [2.75, 3.05) is 32.0 Å². The van der Waals surface area contributed by atoms with Crippen molar-refractivity contribution >= 4 is 17.4 Å². The molecule has 0 aliphatic carbocycles. The number of carbonyl (C=O) groups excluding carboxylic acids is 1. The molecule has 10 nitrogen and oxygen atoms in total. The lowest BCUT2D eigenvalue weighted by Gasteiger charge is -2.25. The number of H-pyrrole nitrogens is 1. The molecular weight excluding hydrogens is 452 g/mol. The number of nitrogens with one attached hydrogen (secondary N) is 1. The van der Waals surface area contributed by atoms with Crippen molar-refractivity contribution in [1.82, 2.24) is 9.55 Å². The maximum atomic E-state index is 13.8. The van der Waals surface area contributed by atoms with Gasteiger partial charge >= 0.3 is 5.69 Å². The van der Waals surface area contributed by atoms with E-state index in [1.54, 1.807) is 36.4 Å². The molecule has 186 valence electrons. The lowest BCUT2D eigenvalue weighted by atomic mass is 10.1. The maximum Gasteiger partial charge on any atom is 0.330 e. The van der Waals surface area contributed by atoms with Crippen LogP contribution in [-0.2, 0) is 13.1 Å². The summed E-state index contributed by atoms with van der Waals surface area (Å²) in [6, 6.07) is 11.8. The topological polar surface area (TPSA) is 129 Å². The van der Waals surface area contributed by atoms with Gasteiger partial charge in [-0.2, -0.15) is 0 Å². The molecule has 0 fully saturated rings. The zero-order valence-electron chi connectivity index (χ0n) is 20.3. The van der Waals surface area contributed by atoms with Crippen LogP contribution in [0.15, 0.2) is 52.1 Å². The van der Waals surface area contributed by atoms with Gasteiger partial charge in [-0.05, 0) is 30.7 Å². The van der Waals surface area contributed by atoms with E-state index in [0.717, 1.165) is 6.42 Å². The Morgan fingerprint density at radius 1 is 1.00 bits per heavy atom. The number of nitrogens with zero attached hydrogens (tertiary/aromatic N) is 2. The van der Waals surface area contributed by atoms with Gasteiger partial charge in [-0.3, -0.25) is 24.0 Å². The minimum atomic E-state index is -0.760. The van der Waals surface area contributed by atoms with Crippen molar-refractivity contribution in [2.24, 2.45) is 0 Å². The van der Waals surface area contributed by atoms with E-state index < -0.39 is 17.2 Å². The first-order chi connectivity index (χ1) is 16.9. The standard InChI is InChI=1S/C25H30N4O6/c1-5-6-13-28-22(26)21(23(30)27-25(28)32)29(15-17-9-7-8-10-18(17)33-2)24(31)16-11-12-19(34-3)20(14-16)35-4/h7-12,14H,5-6,13,15,26H2,1-4H3,(H,27,30,32). The molecule has 0 aliphatic rings. The van der Waals surface area contributed by atoms with Gasteiger partial charge in [-0.1, -0.05) is 31.5 Å². The number of carbonyl (C=O) groups is 1.